The third-order valence-corrected chi connectivity index (χ3v) is 5.06. The predicted molar refractivity (Wildman–Crippen MR) is 110 cm³/mol. The lowest BCUT2D eigenvalue weighted by atomic mass is 10.1. The summed E-state index contributed by atoms with van der Waals surface area (Å²) in [6.07, 6.45) is 1.63. The second-order valence-corrected chi connectivity index (χ2v) is 6.82. The van der Waals surface area contributed by atoms with Crippen molar-refractivity contribution in [3.05, 3.63) is 48.4 Å². The zero-order valence-electron chi connectivity index (χ0n) is 16.9. The van der Waals surface area contributed by atoms with Crippen molar-refractivity contribution in [3.63, 3.8) is 0 Å². The molecule has 1 aromatic heterocycles. The van der Waals surface area contributed by atoms with Crippen LogP contribution in [-0.4, -0.2) is 63.1 Å². The number of carbonyl (C=O) groups excluding carboxylic acids is 2. The molecule has 0 bridgehead atoms. The molecule has 8 nitrogen and oxygen atoms in total. The topological polar surface area (TPSA) is 87.0 Å². The predicted octanol–water partition coefficient (Wildman–Crippen LogP) is 1.40. The lowest BCUT2D eigenvalue weighted by molar-refractivity contribution is -0.139. The highest BCUT2D eigenvalue weighted by molar-refractivity contribution is 6.35. The molecule has 0 spiro atoms. The third-order valence-electron chi connectivity index (χ3n) is 5.06. The normalized spacial score (nSPS) is 15.6. The molecule has 2 heterocycles. The number of anilines is 1. The molecule has 0 saturated carbocycles. The Morgan fingerprint density at radius 2 is 1.76 bits per heavy atom. The summed E-state index contributed by atoms with van der Waals surface area (Å²) >= 11 is 0. The molecular weight excluding hydrogens is 372 g/mol. The second-order valence-electron chi connectivity index (χ2n) is 6.82. The smallest absolute Gasteiger partial charge is 0.309 e. The van der Waals surface area contributed by atoms with E-state index in [1.807, 2.05) is 24.3 Å². The van der Waals surface area contributed by atoms with E-state index in [0.29, 0.717) is 13.1 Å². The van der Waals surface area contributed by atoms with E-state index in [4.69, 9.17) is 9.15 Å². The van der Waals surface area contributed by atoms with Crippen LogP contribution in [0.1, 0.15) is 18.7 Å². The molecule has 8 heteroatoms. The fraction of sp³-hybridized carbons (Fsp3) is 0.429. The van der Waals surface area contributed by atoms with Crippen molar-refractivity contribution < 1.29 is 18.7 Å². The van der Waals surface area contributed by atoms with Crippen molar-refractivity contribution in [2.45, 2.75) is 13.0 Å². The van der Waals surface area contributed by atoms with Gasteiger partial charge in [0.05, 0.1) is 19.4 Å². The molecule has 1 aliphatic rings. The summed E-state index contributed by atoms with van der Waals surface area (Å²) in [5.74, 6) is 0.377. The molecule has 2 aromatic rings. The summed E-state index contributed by atoms with van der Waals surface area (Å²) in [5.41, 5.74) is 1.16. The van der Waals surface area contributed by atoms with Gasteiger partial charge in [-0.1, -0.05) is 0 Å². The van der Waals surface area contributed by atoms with Crippen LogP contribution in [0.25, 0.3) is 0 Å². The molecule has 1 atom stereocenters. The zero-order valence-corrected chi connectivity index (χ0v) is 16.9. The van der Waals surface area contributed by atoms with Gasteiger partial charge in [-0.25, -0.2) is 0 Å². The molecule has 156 valence electrons. The van der Waals surface area contributed by atoms with Crippen LogP contribution < -0.4 is 20.3 Å². The van der Waals surface area contributed by atoms with Gasteiger partial charge in [-0.2, -0.15) is 0 Å². The van der Waals surface area contributed by atoms with Gasteiger partial charge >= 0.3 is 11.8 Å². The maximum absolute atomic E-state index is 12.0. The van der Waals surface area contributed by atoms with Gasteiger partial charge in [0, 0.05) is 45.0 Å². The Balaban J connectivity index is 1.60. The highest BCUT2D eigenvalue weighted by Gasteiger charge is 2.28. The van der Waals surface area contributed by atoms with Crippen molar-refractivity contribution >= 4 is 17.5 Å². The molecule has 0 radical (unpaired) electrons. The first-order chi connectivity index (χ1) is 14.1. The largest absolute Gasteiger partial charge is 0.497 e. The van der Waals surface area contributed by atoms with Gasteiger partial charge in [0.1, 0.15) is 11.5 Å². The second kappa shape index (κ2) is 9.97. The van der Waals surface area contributed by atoms with E-state index in [-0.39, 0.29) is 6.04 Å². The van der Waals surface area contributed by atoms with Gasteiger partial charge in [0.2, 0.25) is 0 Å². The van der Waals surface area contributed by atoms with Crippen LogP contribution in [0.5, 0.6) is 5.75 Å². The van der Waals surface area contributed by atoms with Crippen molar-refractivity contribution in [2.75, 3.05) is 51.3 Å². The Hall–Kier alpha value is -3.00. The van der Waals surface area contributed by atoms with Gasteiger partial charge in [-0.15, -0.1) is 0 Å². The molecular formula is C21H28N4O4. The Labute approximate surface area is 170 Å². The maximum Gasteiger partial charge on any atom is 0.309 e. The first kappa shape index (κ1) is 20.7. The summed E-state index contributed by atoms with van der Waals surface area (Å²) in [7, 11) is 1.66. The number of furan rings is 1. The molecule has 1 aromatic carbocycles. The van der Waals surface area contributed by atoms with Gasteiger partial charge in [0.15, 0.2) is 0 Å². The summed E-state index contributed by atoms with van der Waals surface area (Å²) in [5, 5.41) is 5.24. The minimum atomic E-state index is -0.625. The molecule has 0 unspecified atom stereocenters. The molecule has 0 aliphatic carbocycles. The van der Waals surface area contributed by atoms with Gasteiger partial charge in [-0.05, 0) is 43.3 Å². The number of amides is 2. The van der Waals surface area contributed by atoms with Crippen LogP contribution in [0, 0.1) is 0 Å². The van der Waals surface area contributed by atoms with Crippen molar-refractivity contribution in [1.29, 1.82) is 0 Å². The van der Waals surface area contributed by atoms with E-state index in [0.717, 1.165) is 43.4 Å². The van der Waals surface area contributed by atoms with E-state index in [2.05, 4.69) is 32.6 Å². The van der Waals surface area contributed by atoms with Gasteiger partial charge < -0.3 is 24.7 Å². The van der Waals surface area contributed by atoms with Crippen LogP contribution in [0.15, 0.2) is 47.1 Å². The quantitative estimate of drug-likeness (QED) is 0.684. The first-order valence-electron chi connectivity index (χ1n) is 9.85. The number of nitrogens with one attached hydrogen (secondary N) is 2. The van der Waals surface area contributed by atoms with Crippen LogP contribution >= 0.6 is 0 Å². The number of nitrogens with zero attached hydrogens (tertiary/aromatic N) is 2. The van der Waals surface area contributed by atoms with E-state index >= 15 is 0 Å². The van der Waals surface area contributed by atoms with Crippen molar-refractivity contribution in [3.8, 4) is 5.75 Å². The van der Waals surface area contributed by atoms with Crippen LogP contribution in [-0.2, 0) is 9.59 Å². The number of ether oxygens (including phenoxy) is 1. The molecule has 2 N–H and O–H groups in total. The highest BCUT2D eigenvalue weighted by atomic mass is 16.5. The average molecular weight is 400 g/mol. The van der Waals surface area contributed by atoms with E-state index < -0.39 is 11.8 Å². The summed E-state index contributed by atoms with van der Waals surface area (Å²) in [6.45, 7) is 5.84. The number of benzene rings is 1. The lowest BCUT2D eigenvalue weighted by Gasteiger charge is -2.39. The summed E-state index contributed by atoms with van der Waals surface area (Å²) < 4.78 is 10.8. The highest BCUT2D eigenvalue weighted by Crippen LogP contribution is 2.25. The molecule has 2 amide bonds. The maximum atomic E-state index is 12.0. The molecule has 1 aliphatic heterocycles. The van der Waals surface area contributed by atoms with E-state index in [1.54, 1.807) is 20.3 Å². The SMILES string of the molecule is CCNC(=O)C(=O)NC[C@H](c1ccco1)N1CCN(c2ccc(OC)cc2)CC1. The molecule has 1 fully saturated rings. The number of hydrogen-bond donors (Lipinski definition) is 2. The van der Waals surface area contributed by atoms with Crippen LogP contribution in [0.4, 0.5) is 5.69 Å². The lowest BCUT2D eigenvalue weighted by Crippen LogP contribution is -2.50. The number of hydrogen-bond acceptors (Lipinski definition) is 6. The first-order valence-corrected chi connectivity index (χ1v) is 9.85. The number of carbonyl (C=O) groups is 2. The Morgan fingerprint density at radius 1 is 1.07 bits per heavy atom. The zero-order chi connectivity index (χ0) is 20.6. The Kier molecular flexibility index (Phi) is 7.13. The molecule has 3 rings (SSSR count). The summed E-state index contributed by atoms with van der Waals surface area (Å²) in [6, 6.07) is 11.7. The minimum absolute atomic E-state index is 0.124. The Morgan fingerprint density at radius 3 is 2.34 bits per heavy atom. The average Bonchev–Trinajstić information content (AvgIpc) is 3.29. The summed E-state index contributed by atoms with van der Waals surface area (Å²) in [4.78, 5) is 28.3. The molecule has 1 saturated heterocycles. The Bertz CT molecular complexity index is 784. The number of methoxy groups -OCH3 is 1. The fourth-order valence-corrected chi connectivity index (χ4v) is 3.49. The number of piperazine rings is 1. The minimum Gasteiger partial charge on any atom is -0.497 e. The van der Waals surface area contributed by atoms with E-state index in [1.165, 1.54) is 0 Å². The van der Waals surface area contributed by atoms with E-state index in [9.17, 15) is 9.59 Å². The number of rotatable bonds is 7. The van der Waals surface area contributed by atoms with Crippen LogP contribution in [0.2, 0.25) is 0 Å². The van der Waals surface area contributed by atoms with Crippen molar-refractivity contribution in [2.24, 2.45) is 0 Å². The van der Waals surface area contributed by atoms with Gasteiger partial charge in [-0.3, -0.25) is 14.5 Å². The fourth-order valence-electron chi connectivity index (χ4n) is 3.49. The molecule has 29 heavy (non-hydrogen) atoms. The third kappa shape index (κ3) is 5.29. The van der Waals surface area contributed by atoms with Gasteiger partial charge in [0.25, 0.3) is 0 Å². The van der Waals surface area contributed by atoms with Crippen molar-refractivity contribution in [1.82, 2.24) is 15.5 Å². The standard InChI is InChI=1S/C21H28N4O4/c1-3-22-20(26)21(27)23-15-18(19-5-4-14-29-19)25-12-10-24(11-13-25)16-6-8-17(28-2)9-7-16/h4-9,14,18H,3,10-13,15H2,1-2H3,(H,22,26)(H,23,27)/t18-/m1/s1. The monoisotopic (exact) mass is 400 g/mol. The van der Waals surface area contributed by atoms with Crippen LogP contribution in [0.3, 0.4) is 0 Å². The number of likely N-dealkylation sites (N-methyl/N-ethyl adjacent to an activating group) is 1.